The van der Waals surface area contributed by atoms with Crippen LogP contribution in [-0.2, 0) is 0 Å². The van der Waals surface area contributed by atoms with Gasteiger partial charge in [-0.25, -0.2) is 4.98 Å². The van der Waals surface area contributed by atoms with Gasteiger partial charge in [0.15, 0.2) is 5.65 Å². The number of benzene rings is 1. The molecule has 1 aromatic carbocycles. The molecule has 0 aliphatic carbocycles. The van der Waals surface area contributed by atoms with E-state index in [4.69, 9.17) is 22.1 Å². The minimum Gasteiger partial charge on any atom is -0.479 e. The Labute approximate surface area is 114 Å². The Balaban J connectivity index is 2.25. The highest BCUT2D eigenvalue weighted by Crippen LogP contribution is 2.30. The molecule has 6 heteroatoms. The highest BCUT2D eigenvalue weighted by molar-refractivity contribution is 6.29. The summed E-state index contributed by atoms with van der Waals surface area (Å²) in [6.45, 7) is 0. The lowest BCUT2D eigenvalue weighted by Gasteiger charge is -2.02. The standard InChI is InChI=1S/C13H11ClN4O/c1-19-13-12(8-2-4-9(15)5-3-8)16-11-7-6-10(14)17-18(11)13/h2-7H,15H2,1H3. The Bertz CT molecular complexity index is 736. The van der Waals surface area contributed by atoms with E-state index in [0.717, 1.165) is 5.56 Å². The second-order valence-electron chi connectivity index (χ2n) is 4.02. The third-order valence-corrected chi connectivity index (χ3v) is 2.98. The molecule has 5 nitrogen and oxygen atoms in total. The normalized spacial score (nSPS) is 10.8. The number of anilines is 1. The first kappa shape index (κ1) is 11.8. The van der Waals surface area contributed by atoms with Gasteiger partial charge < -0.3 is 10.5 Å². The van der Waals surface area contributed by atoms with Crippen molar-refractivity contribution < 1.29 is 4.74 Å². The Morgan fingerprint density at radius 1 is 1.16 bits per heavy atom. The fraction of sp³-hybridized carbons (Fsp3) is 0.0769. The molecule has 0 saturated carbocycles. The molecule has 0 aliphatic heterocycles. The Morgan fingerprint density at radius 3 is 2.58 bits per heavy atom. The van der Waals surface area contributed by atoms with Gasteiger partial charge in [0.2, 0.25) is 5.88 Å². The molecule has 0 bridgehead atoms. The van der Waals surface area contributed by atoms with Crippen LogP contribution in [0, 0.1) is 0 Å². The van der Waals surface area contributed by atoms with Crippen LogP contribution in [0.4, 0.5) is 5.69 Å². The number of rotatable bonds is 2. The first-order chi connectivity index (χ1) is 9.19. The van der Waals surface area contributed by atoms with Crippen LogP contribution in [0.5, 0.6) is 5.88 Å². The zero-order chi connectivity index (χ0) is 13.4. The number of aromatic nitrogens is 3. The fourth-order valence-corrected chi connectivity index (χ4v) is 2.04. The lowest BCUT2D eigenvalue weighted by molar-refractivity contribution is 0.389. The predicted octanol–water partition coefficient (Wildman–Crippen LogP) is 2.64. The number of methoxy groups -OCH3 is 1. The maximum atomic E-state index is 5.89. The molecule has 0 saturated heterocycles. The summed E-state index contributed by atoms with van der Waals surface area (Å²) in [4.78, 5) is 4.50. The van der Waals surface area contributed by atoms with Crippen molar-refractivity contribution in [3.63, 3.8) is 0 Å². The molecule has 96 valence electrons. The van der Waals surface area contributed by atoms with Crippen LogP contribution in [0.15, 0.2) is 36.4 Å². The van der Waals surface area contributed by atoms with Crippen molar-refractivity contribution in [3.8, 4) is 17.1 Å². The fourth-order valence-electron chi connectivity index (χ4n) is 1.90. The van der Waals surface area contributed by atoms with Crippen molar-refractivity contribution in [1.82, 2.24) is 14.6 Å². The molecule has 0 aliphatic rings. The lowest BCUT2D eigenvalue weighted by Crippen LogP contribution is -1.96. The van der Waals surface area contributed by atoms with Crippen LogP contribution < -0.4 is 10.5 Å². The first-order valence-corrected chi connectivity index (χ1v) is 6.02. The predicted molar refractivity (Wildman–Crippen MR) is 74.4 cm³/mol. The number of imidazole rings is 1. The second-order valence-corrected chi connectivity index (χ2v) is 4.41. The molecular weight excluding hydrogens is 264 g/mol. The smallest absolute Gasteiger partial charge is 0.243 e. The van der Waals surface area contributed by atoms with Crippen molar-refractivity contribution in [2.75, 3.05) is 12.8 Å². The molecular formula is C13H11ClN4O. The van der Waals surface area contributed by atoms with Crippen molar-refractivity contribution in [2.24, 2.45) is 0 Å². The van der Waals surface area contributed by atoms with Crippen molar-refractivity contribution in [1.29, 1.82) is 0 Å². The Kier molecular flexibility index (Phi) is 2.76. The quantitative estimate of drug-likeness (QED) is 0.730. The number of nitrogens with zero attached hydrogens (tertiary/aromatic N) is 3. The second kappa shape index (κ2) is 4.44. The SMILES string of the molecule is COc1c(-c2ccc(N)cc2)nc2ccc(Cl)nn12. The number of nitrogen functional groups attached to an aromatic ring is 1. The van der Waals surface area contributed by atoms with Crippen LogP contribution in [0.1, 0.15) is 0 Å². The summed E-state index contributed by atoms with van der Waals surface area (Å²) in [5.41, 5.74) is 8.67. The third-order valence-electron chi connectivity index (χ3n) is 2.78. The number of nitrogens with two attached hydrogens (primary N) is 1. The average Bonchev–Trinajstić information content (AvgIpc) is 2.77. The Morgan fingerprint density at radius 2 is 1.89 bits per heavy atom. The number of fused-ring (bicyclic) bond motifs is 1. The van der Waals surface area contributed by atoms with Gasteiger partial charge in [-0.05, 0) is 24.3 Å². The molecule has 19 heavy (non-hydrogen) atoms. The molecule has 0 radical (unpaired) electrons. The summed E-state index contributed by atoms with van der Waals surface area (Å²) in [7, 11) is 1.58. The van der Waals surface area contributed by atoms with Crippen molar-refractivity contribution in [2.45, 2.75) is 0 Å². The number of halogens is 1. The van der Waals surface area contributed by atoms with Crippen LogP contribution >= 0.6 is 11.6 Å². The maximum absolute atomic E-state index is 5.89. The zero-order valence-electron chi connectivity index (χ0n) is 10.2. The molecule has 3 rings (SSSR count). The van der Waals surface area contributed by atoms with Crippen LogP contribution in [-0.4, -0.2) is 21.7 Å². The molecule has 0 amide bonds. The minimum atomic E-state index is 0.382. The number of ether oxygens (including phenoxy) is 1. The van der Waals surface area contributed by atoms with Crippen LogP contribution in [0.2, 0.25) is 5.15 Å². The molecule has 2 N–H and O–H groups in total. The average molecular weight is 275 g/mol. The highest BCUT2D eigenvalue weighted by Gasteiger charge is 2.15. The van der Waals surface area contributed by atoms with Crippen molar-refractivity contribution in [3.05, 3.63) is 41.6 Å². The van der Waals surface area contributed by atoms with Gasteiger partial charge in [0, 0.05) is 11.3 Å². The molecule has 3 aromatic rings. The molecule has 0 spiro atoms. The van der Waals surface area contributed by atoms with Gasteiger partial charge in [0.1, 0.15) is 10.8 Å². The molecule has 2 heterocycles. The summed E-state index contributed by atoms with van der Waals surface area (Å²) in [6.07, 6.45) is 0. The van der Waals surface area contributed by atoms with E-state index in [0.29, 0.717) is 28.1 Å². The highest BCUT2D eigenvalue weighted by atomic mass is 35.5. The van der Waals surface area contributed by atoms with Crippen LogP contribution in [0.25, 0.3) is 16.9 Å². The van der Waals surface area contributed by atoms with E-state index in [-0.39, 0.29) is 0 Å². The molecule has 0 unspecified atom stereocenters. The van der Waals surface area contributed by atoms with Gasteiger partial charge in [0.25, 0.3) is 0 Å². The lowest BCUT2D eigenvalue weighted by atomic mass is 10.1. The number of hydrogen-bond acceptors (Lipinski definition) is 4. The van der Waals surface area contributed by atoms with Gasteiger partial charge >= 0.3 is 0 Å². The molecule has 2 aromatic heterocycles. The zero-order valence-corrected chi connectivity index (χ0v) is 10.9. The third kappa shape index (κ3) is 1.98. The monoisotopic (exact) mass is 274 g/mol. The van der Waals surface area contributed by atoms with E-state index in [9.17, 15) is 0 Å². The van der Waals surface area contributed by atoms with Gasteiger partial charge in [-0.2, -0.15) is 9.61 Å². The summed E-state index contributed by atoms with van der Waals surface area (Å²) >= 11 is 5.89. The molecule has 0 atom stereocenters. The summed E-state index contributed by atoms with van der Waals surface area (Å²) in [6, 6.07) is 10.9. The van der Waals surface area contributed by atoms with E-state index in [1.807, 2.05) is 24.3 Å². The molecule has 0 fully saturated rings. The largest absolute Gasteiger partial charge is 0.479 e. The topological polar surface area (TPSA) is 65.4 Å². The minimum absolute atomic E-state index is 0.382. The summed E-state index contributed by atoms with van der Waals surface area (Å²) in [5.74, 6) is 0.544. The maximum Gasteiger partial charge on any atom is 0.243 e. The van der Waals surface area contributed by atoms with Gasteiger partial charge in [-0.15, -0.1) is 0 Å². The van der Waals surface area contributed by atoms with E-state index in [1.165, 1.54) is 0 Å². The van der Waals surface area contributed by atoms with Gasteiger partial charge in [-0.3, -0.25) is 0 Å². The Hall–Kier alpha value is -2.27. The number of hydrogen-bond donors (Lipinski definition) is 1. The van der Waals surface area contributed by atoms with E-state index >= 15 is 0 Å². The summed E-state index contributed by atoms with van der Waals surface area (Å²) < 4.78 is 6.96. The van der Waals surface area contributed by atoms with Crippen molar-refractivity contribution >= 4 is 22.9 Å². The van der Waals surface area contributed by atoms with Gasteiger partial charge in [0.05, 0.1) is 7.11 Å². The first-order valence-electron chi connectivity index (χ1n) is 5.64. The summed E-state index contributed by atoms with van der Waals surface area (Å²) in [5, 5.41) is 4.56. The van der Waals surface area contributed by atoms with Gasteiger partial charge in [-0.1, -0.05) is 23.7 Å². The van der Waals surface area contributed by atoms with E-state index in [1.54, 1.807) is 23.8 Å². The van der Waals surface area contributed by atoms with Crippen LogP contribution in [0.3, 0.4) is 0 Å². The van der Waals surface area contributed by atoms with E-state index in [2.05, 4.69) is 10.1 Å². The van der Waals surface area contributed by atoms with E-state index < -0.39 is 0 Å².